The Balaban J connectivity index is 1.50. The van der Waals surface area contributed by atoms with E-state index in [-0.39, 0.29) is 0 Å². The standard InChI is InChI=1S/C24H33ClN2O2/c1-17(2)22-8-5-18(3)13-24(22)29-16-21(28)15-26-9-11-27(12-10-26)23-14-20(25)7-6-19(23)4/h5-8,13-14,17,21,28H,9-12,15-16H2,1-4H3. The quantitative estimate of drug-likeness (QED) is 0.713. The zero-order chi connectivity index (χ0) is 21.0. The lowest BCUT2D eigenvalue weighted by Crippen LogP contribution is -2.49. The summed E-state index contributed by atoms with van der Waals surface area (Å²) in [6.07, 6.45) is -0.505. The van der Waals surface area contributed by atoms with Crippen LogP contribution in [-0.4, -0.2) is 55.4 Å². The molecule has 0 aliphatic carbocycles. The average Bonchev–Trinajstić information content (AvgIpc) is 2.69. The van der Waals surface area contributed by atoms with Gasteiger partial charge in [-0.3, -0.25) is 4.90 Å². The van der Waals surface area contributed by atoms with Gasteiger partial charge < -0.3 is 14.7 Å². The van der Waals surface area contributed by atoms with Crippen molar-refractivity contribution in [3.05, 3.63) is 58.1 Å². The van der Waals surface area contributed by atoms with Gasteiger partial charge >= 0.3 is 0 Å². The van der Waals surface area contributed by atoms with Gasteiger partial charge in [0.05, 0.1) is 0 Å². The number of nitrogens with zero attached hydrogens (tertiary/aromatic N) is 2. The van der Waals surface area contributed by atoms with Gasteiger partial charge in [0.15, 0.2) is 0 Å². The predicted molar refractivity (Wildman–Crippen MR) is 122 cm³/mol. The Kier molecular flexibility index (Phi) is 7.44. The minimum Gasteiger partial charge on any atom is -0.491 e. The highest BCUT2D eigenvalue weighted by Gasteiger charge is 2.21. The molecule has 1 N–H and O–H groups in total. The van der Waals surface area contributed by atoms with E-state index in [0.29, 0.717) is 19.1 Å². The summed E-state index contributed by atoms with van der Waals surface area (Å²) in [6, 6.07) is 12.4. The molecule has 0 amide bonds. The topological polar surface area (TPSA) is 35.9 Å². The fourth-order valence-corrected chi connectivity index (χ4v) is 4.04. The van der Waals surface area contributed by atoms with E-state index >= 15 is 0 Å². The summed E-state index contributed by atoms with van der Waals surface area (Å²) in [5, 5.41) is 11.3. The zero-order valence-electron chi connectivity index (χ0n) is 18.0. The van der Waals surface area contributed by atoms with Crippen LogP contribution >= 0.6 is 11.6 Å². The first kappa shape index (κ1) is 21.9. The molecule has 1 heterocycles. The van der Waals surface area contributed by atoms with Crippen molar-refractivity contribution in [2.45, 2.75) is 39.7 Å². The van der Waals surface area contributed by atoms with E-state index in [9.17, 15) is 5.11 Å². The first-order valence-electron chi connectivity index (χ1n) is 10.5. The van der Waals surface area contributed by atoms with Gasteiger partial charge in [0.1, 0.15) is 18.5 Å². The lowest BCUT2D eigenvalue weighted by Gasteiger charge is -2.37. The molecule has 0 radical (unpaired) electrons. The normalized spacial score (nSPS) is 16.3. The second-order valence-electron chi connectivity index (χ2n) is 8.38. The number of aliphatic hydroxyl groups excluding tert-OH is 1. The lowest BCUT2D eigenvalue weighted by atomic mass is 10.0. The predicted octanol–water partition coefficient (Wildman–Crippen LogP) is 4.64. The monoisotopic (exact) mass is 416 g/mol. The molecule has 1 atom stereocenters. The molecule has 29 heavy (non-hydrogen) atoms. The van der Waals surface area contributed by atoms with Gasteiger partial charge in [-0.1, -0.05) is 43.6 Å². The fraction of sp³-hybridized carbons (Fsp3) is 0.500. The van der Waals surface area contributed by atoms with E-state index in [1.54, 1.807) is 0 Å². The molecule has 1 aliphatic rings. The van der Waals surface area contributed by atoms with Crippen LogP contribution in [0.1, 0.15) is 36.5 Å². The van der Waals surface area contributed by atoms with Gasteiger partial charge in [0.25, 0.3) is 0 Å². The second-order valence-corrected chi connectivity index (χ2v) is 8.82. The van der Waals surface area contributed by atoms with Crippen molar-refractivity contribution in [1.82, 2.24) is 4.90 Å². The number of aryl methyl sites for hydroxylation is 2. The molecule has 1 fully saturated rings. The smallest absolute Gasteiger partial charge is 0.123 e. The molecule has 1 saturated heterocycles. The number of ether oxygens (including phenoxy) is 1. The van der Waals surface area contributed by atoms with Gasteiger partial charge in [-0.15, -0.1) is 0 Å². The van der Waals surface area contributed by atoms with E-state index in [0.717, 1.165) is 37.0 Å². The van der Waals surface area contributed by atoms with Crippen LogP contribution in [0.4, 0.5) is 5.69 Å². The van der Waals surface area contributed by atoms with Crippen molar-refractivity contribution >= 4 is 17.3 Å². The van der Waals surface area contributed by atoms with Crippen LogP contribution in [0.15, 0.2) is 36.4 Å². The Labute approximate surface area is 180 Å². The maximum atomic E-state index is 10.5. The number of aliphatic hydroxyl groups is 1. The van der Waals surface area contributed by atoms with Crippen molar-refractivity contribution in [1.29, 1.82) is 0 Å². The van der Waals surface area contributed by atoms with Gasteiger partial charge in [-0.05, 0) is 54.7 Å². The van der Waals surface area contributed by atoms with E-state index in [1.165, 1.54) is 22.4 Å². The molecule has 0 bridgehead atoms. The molecule has 1 unspecified atom stereocenters. The molecule has 0 aromatic heterocycles. The number of anilines is 1. The average molecular weight is 417 g/mol. The first-order valence-corrected chi connectivity index (χ1v) is 10.9. The van der Waals surface area contributed by atoms with Crippen LogP contribution in [0.3, 0.4) is 0 Å². The summed E-state index contributed by atoms with van der Waals surface area (Å²) in [4.78, 5) is 4.69. The Morgan fingerprint density at radius 1 is 1.03 bits per heavy atom. The van der Waals surface area contributed by atoms with E-state index in [4.69, 9.17) is 16.3 Å². The van der Waals surface area contributed by atoms with Crippen LogP contribution in [0.25, 0.3) is 0 Å². The minimum absolute atomic E-state index is 0.316. The molecule has 0 spiro atoms. The number of hydrogen-bond acceptors (Lipinski definition) is 4. The van der Waals surface area contributed by atoms with Crippen LogP contribution < -0.4 is 9.64 Å². The Morgan fingerprint density at radius 3 is 2.45 bits per heavy atom. The summed E-state index contributed by atoms with van der Waals surface area (Å²) in [5.41, 5.74) is 4.82. The van der Waals surface area contributed by atoms with Gasteiger partial charge in [-0.2, -0.15) is 0 Å². The molecular formula is C24H33ClN2O2. The number of benzene rings is 2. The number of piperazine rings is 1. The van der Waals surface area contributed by atoms with E-state index in [2.05, 4.69) is 61.8 Å². The van der Waals surface area contributed by atoms with E-state index < -0.39 is 6.10 Å². The van der Waals surface area contributed by atoms with Crippen LogP contribution in [0.5, 0.6) is 5.75 Å². The molecule has 4 nitrogen and oxygen atoms in total. The highest BCUT2D eigenvalue weighted by molar-refractivity contribution is 6.30. The molecule has 3 rings (SSSR count). The van der Waals surface area contributed by atoms with Gasteiger partial charge in [-0.25, -0.2) is 0 Å². The first-order chi connectivity index (χ1) is 13.8. The maximum Gasteiger partial charge on any atom is 0.123 e. The molecule has 1 aliphatic heterocycles. The summed E-state index contributed by atoms with van der Waals surface area (Å²) in [5.74, 6) is 1.28. The lowest BCUT2D eigenvalue weighted by molar-refractivity contribution is 0.0658. The second kappa shape index (κ2) is 9.84. The molecule has 5 heteroatoms. The van der Waals surface area contributed by atoms with Crippen molar-refractivity contribution in [2.24, 2.45) is 0 Å². The number of halogens is 1. The Hall–Kier alpha value is -1.75. The summed E-state index contributed by atoms with van der Waals surface area (Å²) >= 11 is 6.18. The molecule has 0 saturated carbocycles. The molecule has 158 valence electrons. The van der Waals surface area contributed by atoms with Crippen molar-refractivity contribution in [2.75, 3.05) is 44.2 Å². The van der Waals surface area contributed by atoms with E-state index in [1.807, 2.05) is 12.1 Å². The van der Waals surface area contributed by atoms with Gasteiger partial charge in [0.2, 0.25) is 0 Å². The van der Waals surface area contributed by atoms with Crippen LogP contribution in [0.2, 0.25) is 5.02 Å². The largest absolute Gasteiger partial charge is 0.491 e. The fourth-order valence-electron chi connectivity index (χ4n) is 3.87. The summed E-state index contributed by atoms with van der Waals surface area (Å²) in [6.45, 7) is 13.2. The third-order valence-corrected chi connectivity index (χ3v) is 5.81. The third kappa shape index (κ3) is 5.88. The van der Waals surface area contributed by atoms with Gasteiger partial charge in [0, 0.05) is 43.4 Å². The molecule has 2 aromatic rings. The maximum absolute atomic E-state index is 10.5. The summed E-state index contributed by atoms with van der Waals surface area (Å²) < 4.78 is 6.00. The number of β-amino-alcohol motifs (C(OH)–C–C–N with tert-alkyl or cyclic N) is 1. The Morgan fingerprint density at radius 2 is 1.76 bits per heavy atom. The number of rotatable bonds is 7. The van der Waals surface area contributed by atoms with Crippen LogP contribution in [0, 0.1) is 13.8 Å². The zero-order valence-corrected chi connectivity index (χ0v) is 18.7. The third-order valence-electron chi connectivity index (χ3n) is 5.58. The highest BCUT2D eigenvalue weighted by Crippen LogP contribution is 2.28. The minimum atomic E-state index is -0.505. The van der Waals surface area contributed by atoms with Crippen LogP contribution in [-0.2, 0) is 0 Å². The SMILES string of the molecule is Cc1ccc(C(C)C)c(OCC(O)CN2CCN(c3cc(Cl)ccc3C)CC2)c1. The van der Waals surface area contributed by atoms with Crippen molar-refractivity contribution < 1.29 is 9.84 Å². The Bertz CT molecular complexity index is 817. The van der Waals surface area contributed by atoms with Crippen molar-refractivity contribution in [3.8, 4) is 5.75 Å². The highest BCUT2D eigenvalue weighted by atomic mass is 35.5. The van der Waals surface area contributed by atoms with Crippen molar-refractivity contribution in [3.63, 3.8) is 0 Å². The number of hydrogen-bond donors (Lipinski definition) is 1. The molecular weight excluding hydrogens is 384 g/mol. The summed E-state index contributed by atoms with van der Waals surface area (Å²) in [7, 11) is 0. The molecule has 2 aromatic carbocycles.